The standard InChI is InChI=1S/C8H13NO5/c1-13-8(10)6-4-2-3-5-7(6)14-9(11)12/h6-7H,2-5H2,1H3. The van der Waals surface area contributed by atoms with E-state index in [9.17, 15) is 14.9 Å². The zero-order valence-electron chi connectivity index (χ0n) is 7.97. The number of nitrogens with zero attached hydrogens (tertiary/aromatic N) is 1. The predicted molar refractivity (Wildman–Crippen MR) is 45.8 cm³/mol. The fourth-order valence-electron chi connectivity index (χ4n) is 1.75. The van der Waals surface area contributed by atoms with Gasteiger partial charge in [-0.3, -0.25) is 4.79 Å². The van der Waals surface area contributed by atoms with Crippen molar-refractivity contribution in [2.75, 3.05) is 7.11 Å². The van der Waals surface area contributed by atoms with Gasteiger partial charge in [0.1, 0.15) is 6.10 Å². The molecule has 0 N–H and O–H groups in total. The van der Waals surface area contributed by atoms with Crippen molar-refractivity contribution in [3.05, 3.63) is 10.1 Å². The molecule has 1 aliphatic carbocycles. The Balaban J connectivity index is 2.58. The average Bonchev–Trinajstić information content (AvgIpc) is 2.16. The van der Waals surface area contributed by atoms with Crippen LogP contribution in [0.5, 0.6) is 0 Å². The zero-order valence-corrected chi connectivity index (χ0v) is 7.97. The highest BCUT2D eigenvalue weighted by atomic mass is 17.0. The Bertz CT molecular complexity index is 230. The molecule has 0 aromatic rings. The minimum Gasteiger partial charge on any atom is -0.469 e. The van der Waals surface area contributed by atoms with Crippen molar-refractivity contribution in [2.24, 2.45) is 5.92 Å². The van der Waals surface area contributed by atoms with Gasteiger partial charge in [0.05, 0.1) is 13.0 Å². The normalized spacial score (nSPS) is 26.6. The molecule has 0 amide bonds. The maximum atomic E-state index is 11.2. The van der Waals surface area contributed by atoms with Crippen LogP contribution in [0.1, 0.15) is 25.7 Å². The van der Waals surface area contributed by atoms with Gasteiger partial charge in [-0.05, 0) is 12.8 Å². The molecule has 1 fully saturated rings. The Kier molecular flexibility index (Phi) is 3.67. The number of hydrogen-bond donors (Lipinski definition) is 0. The molecule has 2 unspecified atom stereocenters. The van der Waals surface area contributed by atoms with Crippen LogP contribution in [0.2, 0.25) is 0 Å². The molecule has 1 aliphatic rings. The molecule has 6 heteroatoms. The number of ether oxygens (including phenoxy) is 1. The van der Waals surface area contributed by atoms with Gasteiger partial charge in [-0.1, -0.05) is 12.8 Å². The lowest BCUT2D eigenvalue weighted by molar-refractivity contribution is -0.770. The summed E-state index contributed by atoms with van der Waals surface area (Å²) in [5, 5.41) is 9.31. The molecule has 0 spiro atoms. The highest BCUT2D eigenvalue weighted by Crippen LogP contribution is 2.27. The first-order valence-corrected chi connectivity index (χ1v) is 4.54. The molecule has 0 aliphatic heterocycles. The van der Waals surface area contributed by atoms with Gasteiger partial charge in [0.25, 0.3) is 5.09 Å². The quantitative estimate of drug-likeness (QED) is 0.387. The van der Waals surface area contributed by atoms with Crippen molar-refractivity contribution in [1.82, 2.24) is 0 Å². The van der Waals surface area contributed by atoms with Crippen LogP contribution in [-0.4, -0.2) is 24.3 Å². The summed E-state index contributed by atoms with van der Waals surface area (Å²) in [7, 11) is 1.28. The highest BCUT2D eigenvalue weighted by molar-refractivity contribution is 5.73. The van der Waals surface area contributed by atoms with E-state index in [-0.39, 0.29) is 0 Å². The van der Waals surface area contributed by atoms with Crippen LogP contribution in [0.3, 0.4) is 0 Å². The van der Waals surface area contributed by atoms with E-state index in [2.05, 4.69) is 9.57 Å². The Morgan fingerprint density at radius 2 is 2.07 bits per heavy atom. The van der Waals surface area contributed by atoms with E-state index in [0.717, 1.165) is 12.8 Å². The van der Waals surface area contributed by atoms with Gasteiger partial charge in [0.2, 0.25) is 0 Å². The van der Waals surface area contributed by atoms with E-state index in [1.807, 2.05) is 0 Å². The first-order valence-electron chi connectivity index (χ1n) is 4.54. The van der Waals surface area contributed by atoms with E-state index in [4.69, 9.17) is 0 Å². The average molecular weight is 203 g/mol. The molecule has 0 aromatic carbocycles. The number of hydrogen-bond acceptors (Lipinski definition) is 5. The van der Waals surface area contributed by atoms with Crippen molar-refractivity contribution in [1.29, 1.82) is 0 Å². The Labute approximate surface area is 81.3 Å². The Morgan fingerprint density at radius 3 is 2.64 bits per heavy atom. The van der Waals surface area contributed by atoms with E-state index in [1.54, 1.807) is 0 Å². The number of methoxy groups -OCH3 is 1. The molecular formula is C8H13NO5. The van der Waals surface area contributed by atoms with Crippen molar-refractivity contribution in [2.45, 2.75) is 31.8 Å². The van der Waals surface area contributed by atoms with Gasteiger partial charge in [0, 0.05) is 0 Å². The van der Waals surface area contributed by atoms with Gasteiger partial charge < -0.3 is 9.57 Å². The SMILES string of the molecule is COC(=O)C1CCCCC1O[N+](=O)[O-]. The van der Waals surface area contributed by atoms with Crippen LogP contribution in [0.15, 0.2) is 0 Å². The number of esters is 1. The fourth-order valence-corrected chi connectivity index (χ4v) is 1.75. The molecule has 6 nitrogen and oxygen atoms in total. The van der Waals surface area contributed by atoms with Crippen LogP contribution in [-0.2, 0) is 14.4 Å². The van der Waals surface area contributed by atoms with Gasteiger partial charge in [-0.25, -0.2) is 0 Å². The van der Waals surface area contributed by atoms with Crippen molar-refractivity contribution in [3.63, 3.8) is 0 Å². The van der Waals surface area contributed by atoms with E-state index >= 15 is 0 Å². The summed E-state index contributed by atoms with van der Waals surface area (Å²) >= 11 is 0. The topological polar surface area (TPSA) is 78.7 Å². The first-order chi connectivity index (χ1) is 6.65. The monoisotopic (exact) mass is 203 g/mol. The van der Waals surface area contributed by atoms with Gasteiger partial charge in [-0.15, -0.1) is 10.1 Å². The summed E-state index contributed by atoms with van der Waals surface area (Å²) in [6.07, 6.45) is 2.25. The summed E-state index contributed by atoms with van der Waals surface area (Å²) in [4.78, 5) is 25.8. The smallest absolute Gasteiger partial charge is 0.310 e. The molecule has 1 rings (SSSR count). The van der Waals surface area contributed by atoms with Crippen LogP contribution in [0.4, 0.5) is 0 Å². The number of carbonyl (C=O) groups is 1. The molecule has 0 radical (unpaired) electrons. The van der Waals surface area contributed by atoms with Gasteiger partial charge >= 0.3 is 5.97 Å². The summed E-state index contributed by atoms with van der Waals surface area (Å²) in [6.45, 7) is 0. The van der Waals surface area contributed by atoms with Gasteiger partial charge in [-0.2, -0.15) is 0 Å². The lowest BCUT2D eigenvalue weighted by Crippen LogP contribution is -2.35. The molecule has 2 atom stereocenters. The number of carbonyl (C=O) groups excluding carboxylic acids is 1. The van der Waals surface area contributed by atoms with Crippen molar-refractivity contribution >= 4 is 5.97 Å². The third-order valence-corrected chi connectivity index (χ3v) is 2.43. The van der Waals surface area contributed by atoms with Crippen LogP contribution in [0.25, 0.3) is 0 Å². The molecule has 1 saturated carbocycles. The van der Waals surface area contributed by atoms with E-state index in [0.29, 0.717) is 12.8 Å². The van der Waals surface area contributed by atoms with Crippen molar-refractivity contribution in [3.8, 4) is 0 Å². The Hall–Kier alpha value is -1.33. The second-order valence-corrected chi connectivity index (χ2v) is 3.28. The van der Waals surface area contributed by atoms with Gasteiger partial charge in [0.15, 0.2) is 0 Å². The molecule has 0 aromatic heterocycles. The molecule has 14 heavy (non-hydrogen) atoms. The lowest BCUT2D eigenvalue weighted by Gasteiger charge is -2.27. The summed E-state index contributed by atoms with van der Waals surface area (Å²) in [5.41, 5.74) is 0. The maximum absolute atomic E-state index is 11.2. The summed E-state index contributed by atoms with van der Waals surface area (Å²) in [5.74, 6) is -0.907. The van der Waals surface area contributed by atoms with E-state index in [1.165, 1.54) is 7.11 Å². The van der Waals surface area contributed by atoms with Crippen LogP contribution in [0, 0.1) is 16.0 Å². The second-order valence-electron chi connectivity index (χ2n) is 3.28. The fraction of sp³-hybridized carbons (Fsp3) is 0.875. The highest BCUT2D eigenvalue weighted by Gasteiger charge is 2.34. The Morgan fingerprint density at radius 1 is 1.43 bits per heavy atom. The minimum atomic E-state index is -0.841. The third-order valence-electron chi connectivity index (χ3n) is 2.43. The zero-order chi connectivity index (χ0) is 10.6. The molecule has 0 bridgehead atoms. The summed E-state index contributed by atoms with van der Waals surface area (Å²) in [6, 6.07) is 0. The predicted octanol–water partition coefficient (Wildman–Crippen LogP) is 0.926. The van der Waals surface area contributed by atoms with E-state index < -0.39 is 23.1 Å². The number of rotatable bonds is 3. The third kappa shape index (κ3) is 2.58. The molecule has 0 heterocycles. The second kappa shape index (κ2) is 4.78. The molecule has 80 valence electrons. The van der Waals surface area contributed by atoms with Crippen LogP contribution >= 0.6 is 0 Å². The van der Waals surface area contributed by atoms with Crippen molar-refractivity contribution < 1.29 is 19.5 Å². The minimum absolute atomic E-state index is 0.420. The molecule has 0 saturated heterocycles. The maximum Gasteiger partial charge on any atom is 0.310 e. The largest absolute Gasteiger partial charge is 0.469 e. The summed E-state index contributed by atoms with van der Waals surface area (Å²) < 4.78 is 4.56. The molecular weight excluding hydrogens is 190 g/mol. The lowest BCUT2D eigenvalue weighted by atomic mass is 9.86. The first kappa shape index (κ1) is 10.7. The van der Waals surface area contributed by atoms with Crippen LogP contribution < -0.4 is 0 Å².